The van der Waals surface area contributed by atoms with E-state index >= 15 is 0 Å². The summed E-state index contributed by atoms with van der Waals surface area (Å²) in [5.74, 6) is 2.08. The molecule has 156 valence electrons. The maximum atomic E-state index is 12.0. The fourth-order valence-electron chi connectivity index (χ4n) is 4.80. The van der Waals surface area contributed by atoms with E-state index in [1.807, 2.05) is 51.9 Å². The molecule has 1 aromatic rings. The molecule has 3 fully saturated rings. The predicted octanol–water partition coefficient (Wildman–Crippen LogP) is 2.83. The number of likely N-dealkylation sites (tertiary alicyclic amines) is 2. The maximum absolute atomic E-state index is 12.0. The van der Waals surface area contributed by atoms with Gasteiger partial charge in [-0.15, -0.1) is 0 Å². The zero-order valence-corrected chi connectivity index (χ0v) is 18.3. The molecule has 28 heavy (non-hydrogen) atoms. The Morgan fingerprint density at radius 1 is 1.11 bits per heavy atom. The molecule has 0 atom stereocenters. The molecule has 4 rings (SSSR count). The van der Waals surface area contributed by atoms with E-state index in [9.17, 15) is 4.79 Å². The second kappa shape index (κ2) is 8.76. The molecule has 3 saturated heterocycles. The molecule has 3 aliphatic heterocycles. The lowest BCUT2D eigenvalue weighted by atomic mass is 9.72. The van der Waals surface area contributed by atoms with Gasteiger partial charge in [-0.3, -0.25) is 4.79 Å². The zero-order chi connectivity index (χ0) is 20.3. The molecule has 1 aromatic heterocycles. The second-order valence-electron chi connectivity index (χ2n) is 8.94. The number of aryl methyl sites for hydroxylation is 1. The van der Waals surface area contributed by atoms with E-state index in [0.29, 0.717) is 11.3 Å². The molecule has 4 heterocycles. The highest BCUT2D eigenvalue weighted by Gasteiger charge is 2.53. The van der Waals surface area contributed by atoms with E-state index in [4.69, 9.17) is 0 Å². The molecular formula is C22H37N5O. The van der Waals surface area contributed by atoms with E-state index < -0.39 is 0 Å². The van der Waals surface area contributed by atoms with E-state index in [1.54, 1.807) is 0 Å². The highest BCUT2D eigenvalue weighted by molar-refractivity contribution is 5.79. The van der Waals surface area contributed by atoms with Crippen molar-refractivity contribution >= 4 is 11.6 Å². The first-order chi connectivity index (χ1) is 13.4. The largest absolute Gasteiger partial charge is 0.369 e. The van der Waals surface area contributed by atoms with Crippen LogP contribution in [0.2, 0.25) is 0 Å². The van der Waals surface area contributed by atoms with Gasteiger partial charge in [0, 0.05) is 57.1 Å². The number of rotatable bonds is 4. The lowest BCUT2D eigenvalue weighted by Crippen LogP contribution is -2.73. The zero-order valence-electron chi connectivity index (χ0n) is 18.3. The highest BCUT2D eigenvalue weighted by atomic mass is 16.2. The van der Waals surface area contributed by atoms with Crippen LogP contribution in [0.1, 0.15) is 46.4 Å². The van der Waals surface area contributed by atoms with Gasteiger partial charge in [0.15, 0.2) is 0 Å². The highest BCUT2D eigenvalue weighted by Crippen LogP contribution is 2.41. The van der Waals surface area contributed by atoms with Crippen molar-refractivity contribution < 1.29 is 4.79 Å². The van der Waals surface area contributed by atoms with Crippen molar-refractivity contribution in [3.63, 3.8) is 0 Å². The molecule has 3 aliphatic rings. The predicted molar refractivity (Wildman–Crippen MR) is 113 cm³/mol. The van der Waals surface area contributed by atoms with E-state index in [0.717, 1.165) is 43.6 Å². The first-order valence-corrected chi connectivity index (χ1v) is 11.0. The summed E-state index contributed by atoms with van der Waals surface area (Å²) in [5.41, 5.74) is 1.58. The molecule has 0 radical (unpaired) electrons. The molecule has 0 N–H and O–H groups in total. The fraction of sp³-hybridized carbons (Fsp3) is 0.773. The molecule has 0 aliphatic carbocycles. The van der Waals surface area contributed by atoms with Crippen LogP contribution < -0.4 is 4.90 Å². The molecular weight excluding hydrogens is 350 g/mol. The average Bonchev–Trinajstić information content (AvgIpc) is 2.65. The minimum absolute atomic E-state index is 0.132. The summed E-state index contributed by atoms with van der Waals surface area (Å²) >= 11 is 0. The Labute approximate surface area is 170 Å². The third-order valence-corrected chi connectivity index (χ3v) is 6.24. The number of hydrogen-bond donors (Lipinski definition) is 0. The van der Waals surface area contributed by atoms with Gasteiger partial charge in [-0.05, 0) is 25.7 Å². The van der Waals surface area contributed by atoms with Crippen molar-refractivity contribution in [3.8, 4) is 0 Å². The van der Waals surface area contributed by atoms with Gasteiger partial charge >= 0.3 is 0 Å². The molecule has 0 unspecified atom stereocenters. The average molecular weight is 388 g/mol. The Morgan fingerprint density at radius 3 is 2.21 bits per heavy atom. The van der Waals surface area contributed by atoms with Gasteiger partial charge in [-0.25, -0.2) is 9.97 Å². The number of carbonyl (C=O) groups excluding carboxylic acids is 1. The summed E-state index contributed by atoms with van der Waals surface area (Å²) in [6.07, 6.45) is 6.38. The third-order valence-electron chi connectivity index (χ3n) is 6.24. The van der Waals surface area contributed by atoms with Crippen molar-refractivity contribution in [2.75, 3.05) is 50.7 Å². The summed E-state index contributed by atoms with van der Waals surface area (Å²) < 4.78 is 0. The number of anilines is 1. The van der Waals surface area contributed by atoms with Crippen LogP contribution in [-0.2, 0) is 4.79 Å². The third kappa shape index (κ3) is 4.48. The van der Waals surface area contributed by atoms with E-state index in [-0.39, 0.29) is 5.92 Å². The Hall–Kier alpha value is -1.69. The number of hydrogen-bond acceptors (Lipinski definition) is 5. The van der Waals surface area contributed by atoms with Crippen LogP contribution >= 0.6 is 0 Å². The number of aromatic nitrogens is 2. The number of nitrogens with zero attached hydrogens (tertiary/aromatic N) is 5. The fourth-order valence-corrected chi connectivity index (χ4v) is 4.80. The van der Waals surface area contributed by atoms with Crippen LogP contribution in [0.25, 0.3) is 0 Å². The topological polar surface area (TPSA) is 52.6 Å². The van der Waals surface area contributed by atoms with Gasteiger partial charge in [0.1, 0.15) is 5.82 Å². The van der Waals surface area contributed by atoms with Crippen LogP contribution in [-0.4, -0.2) is 71.5 Å². The lowest BCUT2D eigenvalue weighted by Gasteiger charge is -2.61. The molecule has 0 bridgehead atoms. The van der Waals surface area contributed by atoms with Crippen molar-refractivity contribution in [1.29, 1.82) is 0 Å². The molecule has 1 spiro atoms. The van der Waals surface area contributed by atoms with Crippen LogP contribution in [0, 0.1) is 24.2 Å². The van der Waals surface area contributed by atoms with Crippen molar-refractivity contribution in [2.24, 2.45) is 17.3 Å². The van der Waals surface area contributed by atoms with Gasteiger partial charge in [0.25, 0.3) is 0 Å². The number of piperidine rings is 1. The minimum atomic E-state index is 0.132. The van der Waals surface area contributed by atoms with E-state index in [1.165, 1.54) is 32.5 Å². The molecule has 0 saturated carbocycles. The number of carbonyl (C=O) groups is 1. The Morgan fingerprint density at radius 2 is 1.68 bits per heavy atom. The van der Waals surface area contributed by atoms with E-state index in [2.05, 4.69) is 19.8 Å². The summed E-state index contributed by atoms with van der Waals surface area (Å²) in [5, 5.41) is 0. The quantitative estimate of drug-likeness (QED) is 0.795. The monoisotopic (exact) mass is 387 g/mol. The molecule has 1 amide bonds. The van der Waals surface area contributed by atoms with Gasteiger partial charge in [0.2, 0.25) is 5.91 Å². The van der Waals surface area contributed by atoms with Crippen molar-refractivity contribution in [3.05, 3.63) is 18.2 Å². The lowest BCUT2D eigenvalue weighted by molar-refractivity contribution is -0.163. The molecule has 6 heteroatoms. The smallest absolute Gasteiger partial charge is 0.225 e. The van der Waals surface area contributed by atoms with Gasteiger partial charge in [-0.2, -0.15) is 0 Å². The SMILES string of the molecule is CC.Cc1ncc(N2CCC(CN3CC4(C3)CN(C(=O)C(C)C)C4)CC2)cn1. The Bertz CT molecular complexity index is 637. The number of amides is 1. The summed E-state index contributed by atoms with van der Waals surface area (Å²) in [6, 6.07) is 0. The Balaban J connectivity index is 0.00000109. The first kappa shape index (κ1) is 21.0. The van der Waals surface area contributed by atoms with Gasteiger partial charge in [0.05, 0.1) is 18.1 Å². The second-order valence-corrected chi connectivity index (χ2v) is 8.94. The minimum Gasteiger partial charge on any atom is -0.369 e. The van der Waals surface area contributed by atoms with Gasteiger partial charge < -0.3 is 14.7 Å². The standard InChI is InChI=1S/C20H31N5O.C2H6/c1-15(2)19(26)25-13-20(14-25)11-23(12-20)10-17-4-6-24(7-5-17)18-8-21-16(3)22-9-18;1-2/h8-9,15,17H,4-7,10-14H2,1-3H3;1-2H3. The van der Waals surface area contributed by atoms with Crippen molar-refractivity contribution in [1.82, 2.24) is 19.8 Å². The van der Waals surface area contributed by atoms with Crippen LogP contribution in [0.4, 0.5) is 5.69 Å². The van der Waals surface area contributed by atoms with Crippen LogP contribution in [0.3, 0.4) is 0 Å². The van der Waals surface area contributed by atoms with Crippen LogP contribution in [0.5, 0.6) is 0 Å². The van der Waals surface area contributed by atoms with Crippen molar-refractivity contribution in [2.45, 2.75) is 47.5 Å². The summed E-state index contributed by atoms with van der Waals surface area (Å²) in [7, 11) is 0. The Kier molecular flexibility index (Phi) is 6.58. The summed E-state index contributed by atoms with van der Waals surface area (Å²) in [4.78, 5) is 27.7. The maximum Gasteiger partial charge on any atom is 0.225 e. The molecule has 6 nitrogen and oxygen atoms in total. The summed E-state index contributed by atoms with van der Waals surface area (Å²) in [6.45, 7) is 17.7. The molecule has 0 aromatic carbocycles. The van der Waals surface area contributed by atoms with Crippen LogP contribution in [0.15, 0.2) is 12.4 Å². The first-order valence-electron chi connectivity index (χ1n) is 11.0. The van der Waals surface area contributed by atoms with Gasteiger partial charge in [-0.1, -0.05) is 27.7 Å². The normalized spacial score (nSPS) is 21.8.